The van der Waals surface area contributed by atoms with Crippen LogP contribution in [-0.2, 0) is 16.1 Å². The quantitative estimate of drug-likeness (QED) is 0.541. The summed E-state index contributed by atoms with van der Waals surface area (Å²) in [6.07, 6.45) is 2.65. The second kappa shape index (κ2) is 10.9. The van der Waals surface area contributed by atoms with E-state index in [9.17, 15) is 9.59 Å². The fourth-order valence-corrected chi connectivity index (χ4v) is 4.52. The molecule has 34 heavy (non-hydrogen) atoms. The van der Waals surface area contributed by atoms with E-state index in [0.29, 0.717) is 30.9 Å². The molecular formula is C26H34N4O3S. The summed E-state index contributed by atoms with van der Waals surface area (Å²) in [4.78, 5) is 32.8. The number of thiophene rings is 1. The van der Waals surface area contributed by atoms with E-state index >= 15 is 0 Å². The van der Waals surface area contributed by atoms with Gasteiger partial charge in [-0.05, 0) is 62.8 Å². The second-order valence-corrected chi connectivity index (χ2v) is 10.3. The molecule has 1 unspecified atom stereocenters. The molecule has 7 nitrogen and oxygen atoms in total. The summed E-state index contributed by atoms with van der Waals surface area (Å²) in [5.74, 6) is 0.423. The molecule has 1 aromatic carbocycles. The lowest BCUT2D eigenvalue weighted by molar-refractivity contribution is -0.129. The maximum Gasteiger partial charge on any atom is 0.407 e. The van der Waals surface area contributed by atoms with Gasteiger partial charge in [0, 0.05) is 25.1 Å². The summed E-state index contributed by atoms with van der Waals surface area (Å²) in [5, 5.41) is 4.72. The zero-order valence-corrected chi connectivity index (χ0v) is 21.4. The number of fused-ring (bicyclic) bond motifs is 1. The largest absolute Gasteiger partial charge is 0.444 e. The van der Waals surface area contributed by atoms with Crippen LogP contribution in [0, 0.1) is 0 Å². The normalized spacial score (nSPS) is 14.3. The highest BCUT2D eigenvalue weighted by Gasteiger charge is 2.26. The first-order valence-corrected chi connectivity index (χ1v) is 12.4. The predicted octanol–water partition coefficient (Wildman–Crippen LogP) is 5.55. The first-order chi connectivity index (χ1) is 16.1. The molecule has 2 heterocycles. The van der Waals surface area contributed by atoms with Crippen LogP contribution in [0.4, 0.5) is 10.5 Å². The molecule has 0 bridgehead atoms. The Labute approximate surface area is 205 Å². The van der Waals surface area contributed by atoms with Gasteiger partial charge in [0.15, 0.2) is 0 Å². The van der Waals surface area contributed by atoms with Crippen LogP contribution >= 0.6 is 11.3 Å². The molecule has 8 heteroatoms. The molecule has 0 radical (unpaired) electrons. The molecule has 3 rings (SSSR count). The van der Waals surface area contributed by atoms with E-state index in [0.717, 1.165) is 28.1 Å². The van der Waals surface area contributed by atoms with Gasteiger partial charge in [0.25, 0.3) is 5.91 Å². The molecule has 1 aliphatic heterocycles. The van der Waals surface area contributed by atoms with Gasteiger partial charge >= 0.3 is 6.09 Å². The van der Waals surface area contributed by atoms with Gasteiger partial charge in [-0.3, -0.25) is 4.79 Å². The van der Waals surface area contributed by atoms with Crippen molar-refractivity contribution < 1.29 is 14.3 Å². The third-order valence-corrected chi connectivity index (χ3v) is 6.23. The summed E-state index contributed by atoms with van der Waals surface area (Å²) in [6.45, 7) is 10.6. The molecule has 0 aliphatic carbocycles. The van der Waals surface area contributed by atoms with E-state index in [2.05, 4.69) is 17.2 Å². The number of nitrogens with one attached hydrogen (secondary N) is 1. The Kier molecular flexibility index (Phi) is 8.15. The van der Waals surface area contributed by atoms with E-state index < -0.39 is 11.7 Å². The van der Waals surface area contributed by atoms with Crippen molar-refractivity contribution in [3.05, 3.63) is 57.3 Å². The number of hydrogen-bond donors (Lipinski definition) is 2. The van der Waals surface area contributed by atoms with Gasteiger partial charge < -0.3 is 20.7 Å². The molecule has 2 amide bonds. The standard InChI is InChI=1S/C26H34N4O3S/c1-6-12-30(24(31)20-14-22-21(11-13-34-22)29-23(27)15-20)17(2)19-9-7-18(8-10-19)16-28-25(32)33-26(3,4)5/h7-11,13-14,17H,6,12,15-16H2,1-5H3,(H2,27,29)(H,28,32). The number of amidine groups is 1. The second-order valence-electron chi connectivity index (χ2n) is 9.39. The first-order valence-electron chi connectivity index (χ1n) is 11.5. The topological polar surface area (TPSA) is 97.0 Å². The minimum Gasteiger partial charge on any atom is -0.444 e. The van der Waals surface area contributed by atoms with Gasteiger partial charge in [-0.2, -0.15) is 0 Å². The van der Waals surface area contributed by atoms with Crippen LogP contribution in [-0.4, -0.2) is 34.9 Å². The fraction of sp³-hybridized carbons (Fsp3) is 0.423. The average Bonchev–Trinajstić information content (AvgIpc) is 3.13. The van der Waals surface area contributed by atoms with Crippen LogP contribution < -0.4 is 11.1 Å². The van der Waals surface area contributed by atoms with Crippen molar-refractivity contribution in [2.45, 2.75) is 65.6 Å². The van der Waals surface area contributed by atoms with Crippen LogP contribution in [0.2, 0.25) is 0 Å². The van der Waals surface area contributed by atoms with Gasteiger partial charge in [0.2, 0.25) is 0 Å². The van der Waals surface area contributed by atoms with E-state index in [1.165, 1.54) is 0 Å². The maximum absolute atomic E-state index is 13.6. The number of hydrogen-bond acceptors (Lipinski definition) is 6. The van der Waals surface area contributed by atoms with Gasteiger partial charge in [-0.1, -0.05) is 31.2 Å². The Hall–Kier alpha value is -3.13. The number of carbonyl (C=O) groups excluding carboxylic acids is 2. The van der Waals surface area contributed by atoms with Crippen molar-refractivity contribution in [1.82, 2.24) is 10.2 Å². The summed E-state index contributed by atoms with van der Waals surface area (Å²) in [7, 11) is 0. The van der Waals surface area contributed by atoms with Crippen LogP contribution in [0.15, 0.2) is 46.3 Å². The van der Waals surface area contributed by atoms with Gasteiger partial charge in [-0.15, -0.1) is 11.3 Å². The Morgan fingerprint density at radius 1 is 1.24 bits per heavy atom. The van der Waals surface area contributed by atoms with Crippen LogP contribution in [0.1, 0.15) is 69.5 Å². The van der Waals surface area contributed by atoms with Gasteiger partial charge in [-0.25, -0.2) is 9.79 Å². The molecule has 1 atom stereocenters. The zero-order chi connectivity index (χ0) is 24.9. The molecule has 0 fully saturated rings. The van der Waals surface area contributed by atoms with Crippen molar-refractivity contribution in [2.75, 3.05) is 6.54 Å². The van der Waals surface area contributed by atoms with Crippen molar-refractivity contribution in [2.24, 2.45) is 10.7 Å². The summed E-state index contributed by atoms with van der Waals surface area (Å²) in [5.41, 5.74) is 9.02. The van der Waals surface area contributed by atoms with Crippen molar-refractivity contribution in [1.29, 1.82) is 0 Å². The highest BCUT2D eigenvalue weighted by atomic mass is 32.1. The minimum atomic E-state index is -0.535. The number of benzene rings is 1. The van der Waals surface area contributed by atoms with E-state index in [-0.39, 0.29) is 11.9 Å². The van der Waals surface area contributed by atoms with Gasteiger partial charge in [0.1, 0.15) is 11.4 Å². The first kappa shape index (κ1) is 25.5. The monoisotopic (exact) mass is 482 g/mol. The summed E-state index contributed by atoms with van der Waals surface area (Å²) >= 11 is 1.55. The molecule has 0 saturated carbocycles. The third kappa shape index (κ3) is 6.70. The Balaban J connectivity index is 1.72. The van der Waals surface area contributed by atoms with Crippen molar-refractivity contribution in [3.63, 3.8) is 0 Å². The highest BCUT2D eigenvalue weighted by molar-refractivity contribution is 7.11. The predicted molar refractivity (Wildman–Crippen MR) is 138 cm³/mol. The molecule has 3 N–H and O–H groups in total. The molecule has 2 aromatic rings. The number of carbonyl (C=O) groups is 2. The Bertz CT molecular complexity index is 1080. The molecule has 1 aliphatic rings. The number of amides is 2. The summed E-state index contributed by atoms with van der Waals surface area (Å²) < 4.78 is 5.28. The van der Waals surface area contributed by atoms with Crippen LogP contribution in [0.25, 0.3) is 6.08 Å². The highest BCUT2D eigenvalue weighted by Crippen LogP contribution is 2.32. The molecule has 0 saturated heterocycles. The Morgan fingerprint density at radius 2 is 1.94 bits per heavy atom. The van der Waals surface area contributed by atoms with Crippen molar-refractivity contribution >= 4 is 40.9 Å². The number of nitrogens with two attached hydrogens (primary N) is 1. The number of aliphatic imine (C=N–C) groups is 1. The minimum absolute atomic E-state index is 0.0237. The Morgan fingerprint density at radius 3 is 2.59 bits per heavy atom. The SMILES string of the molecule is CCCN(C(=O)C1=Cc2sccc2N=C(N)C1)C(C)c1ccc(CNC(=O)OC(C)(C)C)cc1. The van der Waals surface area contributed by atoms with E-state index in [1.807, 2.05) is 74.4 Å². The fourth-order valence-electron chi connectivity index (χ4n) is 3.73. The summed E-state index contributed by atoms with van der Waals surface area (Å²) in [6, 6.07) is 9.73. The lowest BCUT2D eigenvalue weighted by Gasteiger charge is -2.30. The lowest BCUT2D eigenvalue weighted by Crippen LogP contribution is -2.36. The number of alkyl carbamates (subject to hydrolysis) is 1. The van der Waals surface area contributed by atoms with Crippen LogP contribution in [0.5, 0.6) is 0 Å². The average molecular weight is 483 g/mol. The molecule has 0 spiro atoms. The van der Waals surface area contributed by atoms with E-state index in [4.69, 9.17) is 10.5 Å². The third-order valence-electron chi connectivity index (χ3n) is 5.38. The maximum atomic E-state index is 13.6. The van der Waals surface area contributed by atoms with Crippen molar-refractivity contribution in [3.8, 4) is 0 Å². The molecular weight excluding hydrogens is 448 g/mol. The number of nitrogens with zero attached hydrogens (tertiary/aromatic N) is 2. The number of ether oxygens (including phenoxy) is 1. The van der Waals surface area contributed by atoms with Gasteiger partial charge in [0.05, 0.1) is 16.6 Å². The van der Waals surface area contributed by atoms with Crippen LogP contribution in [0.3, 0.4) is 0 Å². The smallest absolute Gasteiger partial charge is 0.407 e. The molecule has 182 valence electrons. The zero-order valence-electron chi connectivity index (χ0n) is 20.6. The molecule has 1 aromatic heterocycles. The van der Waals surface area contributed by atoms with E-state index in [1.54, 1.807) is 11.3 Å². The number of rotatable bonds is 7. The lowest BCUT2D eigenvalue weighted by atomic mass is 10.0.